The van der Waals surface area contributed by atoms with Crippen molar-refractivity contribution in [3.8, 4) is 11.5 Å². The Balaban J connectivity index is 1.67. The molecule has 3 aromatic rings. The molecule has 27 heavy (non-hydrogen) atoms. The molecule has 4 heteroatoms. The SMILES string of the molecule is CCOc1cc(CNc2ccc(Br)cc2)ccc1OCc1cccc(C)c1. The van der Waals surface area contributed by atoms with Gasteiger partial charge >= 0.3 is 0 Å². The van der Waals surface area contributed by atoms with E-state index in [0.717, 1.165) is 39.3 Å². The Morgan fingerprint density at radius 1 is 0.852 bits per heavy atom. The van der Waals surface area contributed by atoms with Crippen LogP contribution in [0.4, 0.5) is 5.69 Å². The lowest BCUT2D eigenvalue weighted by Crippen LogP contribution is -2.03. The molecule has 1 N–H and O–H groups in total. The third-order valence-corrected chi connectivity index (χ3v) is 4.65. The highest BCUT2D eigenvalue weighted by Crippen LogP contribution is 2.30. The Morgan fingerprint density at radius 3 is 2.41 bits per heavy atom. The van der Waals surface area contributed by atoms with Gasteiger partial charge in [-0.15, -0.1) is 0 Å². The van der Waals surface area contributed by atoms with Crippen molar-refractivity contribution < 1.29 is 9.47 Å². The number of hydrogen-bond donors (Lipinski definition) is 1. The number of aryl methyl sites for hydroxylation is 1. The van der Waals surface area contributed by atoms with Gasteiger partial charge in [0.2, 0.25) is 0 Å². The highest BCUT2D eigenvalue weighted by Gasteiger charge is 2.07. The number of rotatable bonds is 8. The molecule has 3 nitrogen and oxygen atoms in total. The average molecular weight is 426 g/mol. The van der Waals surface area contributed by atoms with Crippen LogP contribution in [0.1, 0.15) is 23.6 Å². The molecule has 0 fully saturated rings. The Bertz CT molecular complexity index is 878. The van der Waals surface area contributed by atoms with Crippen LogP contribution in [-0.2, 0) is 13.2 Å². The van der Waals surface area contributed by atoms with Crippen LogP contribution in [0.25, 0.3) is 0 Å². The zero-order chi connectivity index (χ0) is 19.1. The summed E-state index contributed by atoms with van der Waals surface area (Å²) < 4.78 is 12.9. The maximum absolute atomic E-state index is 6.01. The molecule has 140 valence electrons. The highest BCUT2D eigenvalue weighted by molar-refractivity contribution is 9.10. The van der Waals surface area contributed by atoms with Crippen molar-refractivity contribution in [1.82, 2.24) is 0 Å². The van der Waals surface area contributed by atoms with Gasteiger partial charge in [0.25, 0.3) is 0 Å². The third kappa shape index (κ3) is 5.76. The normalized spacial score (nSPS) is 10.5. The van der Waals surface area contributed by atoms with E-state index < -0.39 is 0 Å². The predicted molar refractivity (Wildman–Crippen MR) is 115 cm³/mol. The molecule has 0 saturated carbocycles. The van der Waals surface area contributed by atoms with Crippen molar-refractivity contribution in [2.45, 2.75) is 27.0 Å². The van der Waals surface area contributed by atoms with Gasteiger partial charge in [0.1, 0.15) is 6.61 Å². The van der Waals surface area contributed by atoms with Crippen LogP contribution in [0.2, 0.25) is 0 Å². The van der Waals surface area contributed by atoms with E-state index in [4.69, 9.17) is 9.47 Å². The lowest BCUT2D eigenvalue weighted by atomic mass is 10.1. The minimum absolute atomic E-state index is 0.526. The van der Waals surface area contributed by atoms with Gasteiger partial charge in [-0.05, 0) is 61.4 Å². The van der Waals surface area contributed by atoms with Crippen molar-refractivity contribution in [1.29, 1.82) is 0 Å². The van der Waals surface area contributed by atoms with E-state index in [0.29, 0.717) is 13.2 Å². The molecular formula is C23H24BrNO2. The summed E-state index contributed by atoms with van der Waals surface area (Å²) in [6.45, 7) is 5.92. The minimum Gasteiger partial charge on any atom is -0.490 e. The lowest BCUT2D eigenvalue weighted by molar-refractivity contribution is 0.269. The molecule has 0 saturated heterocycles. The Hall–Kier alpha value is -2.46. The number of nitrogens with one attached hydrogen (secondary N) is 1. The van der Waals surface area contributed by atoms with Gasteiger partial charge in [-0.1, -0.05) is 51.8 Å². The quantitative estimate of drug-likeness (QED) is 0.456. The first-order valence-corrected chi connectivity index (χ1v) is 9.87. The van der Waals surface area contributed by atoms with Gasteiger partial charge in [0, 0.05) is 16.7 Å². The number of hydrogen-bond acceptors (Lipinski definition) is 3. The summed E-state index contributed by atoms with van der Waals surface area (Å²) in [4.78, 5) is 0. The first-order chi connectivity index (χ1) is 13.1. The predicted octanol–water partition coefficient (Wildman–Crippen LogP) is 6.35. The summed E-state index contributed by atoms with van der Waals surface area (Å²) in [7, 11) is 0. The molecule has 0 radical (unpaired) electrons. The van der Waals surface area contributed by atoms with Crippen LogP contribution >= 0.6 is 15.9 Å². The van der Waals surface area contributed by atoms with Crippen molar-refractivity contribution in [3.63, 3.8) is 0 Å². The summed E-state index contributed by atoms with van der Waals surface area (Å²) in [6, 6.07) is 22.6. The lowest BCUT2D eigenvalue weighted by Gasteiger charge is -2.14. The zero-order valence-electron chi connectivity index (χ0n) is 15.7. The van der Waals surface area contributed by atoms with E-state index in [1.54, 1.807) is 0 Å². The second-order valence-electron chi connectivity index (χ2n) is 6.35. The van der Waals surface area contributed by atoms with Gasteiger partial charge in [-0.3, -0.25) is 0 Å². The van der Waals surface area contributed by atoms with Crippen LogP contribution in [0.3, 0.4) is 0 Å². The van der Waals surface area contributed by atoms with Crippen molar-refractivity contribution in [2.75, 3.05) is 11.9 Å². The Labute approximate surface area is 169 Å². The van der Waals surface area contributed by atoms with Gasteiger partial charge in [0.05, 0.1) is 6.61 Å². The zero-order valence-corrected chi connectivity index (χ0v) is 17.3. The monoisotopic (exact) mass is 425 g/mol. The van der Waals surface area contributed by atoms with Gasteiger partial charge in [-0.25, -0.2) is 0 Å². The topological polar surface area (TPSA) is 30.5 Å². The number of halogens is 1. The van der Waals surface area contributed by atoms with E-state index in [9.17, 15) is 0 Å². The minimum atomic E-state index is 0.526. The molecule has 0 spiro atoms. The summed E-state index contributed by atoms with van der Waals surface area (Å²) in [6.07, 6.45) is 0. The second-order valence-corrected chi connectivity index (χ2v) is 7.27. The number of benzene rings is 3. The van der Waals surface area contributed by atoms with Crippen LogP contribution < -0.4 is 14.8 Å². The van der Waals surface area contributed by atoms with Crippen LogP contribution in [0.15, 0.2) is 71.2 Å². The molecule has 0 aliphatic carbocycles. The first kappa shape index (κ1) is 19.3. The fourth-order valence-electron chi connectivity index (χ4n) is 2.78. The van der Waals surface area contributed by atoms with Crippen LogP contribution in [-0.4, -0.2) is 6.61 Å². The van der Waals surface area contributed by atoms with E-state index >= 15 is 0 Å². The molecular weight excluding hydrogens is 402 g/mol. The molecule has 0 bridgehead atoms. The molecule has 0 aliphatic rings. The summed E-state index contributed by atoms with van der Waals surface area (Å²) in [5.74, 6) is 1.55. The Kier molecular flexibility index (Phi) is 6.77. The number of anilines is 1. The van der Waals surface area contributed by atoms with Gasteiger partial charge < -0.3 is 14.8 Å². The van der Waals surface area contributed by atoms with Crippen molar-refractivity contribution in [3.05, 3.63) is 87.9 Å². The smallest absolute Gasteiger partial charge is 0.161 e. The van der Waals surface area contributed by atoms with Gasteiger partial charge in [-0.2, -0.15) is 0 Å². The largest absolute Gasteiger partial charge is 0.490 e. The standard InChI is InChI=1S/C23H24BrNO2/c1-3-26-23-14-18(15-25-21-10-8-20(24)9-11-21)7-12-22(23)27-16-19-6-4-5-17(2)13-19/h4-14,25H,3,15-16H2,1-2H3. The molecule has 0 unspecified atom stereocenters. The van der Waals surface area contributed by atoms with Crippen LogP contribution in [0.5, 0.6) is 11.5 Å². The summed E-state index contributed by atoms with van der Waals surface area (Å²) in [5.41, 5.74) is 4.61. The maximum atomic E-state index is 6.01. The maximum Gasteiger partial charge on any atom is 0.161 e. The molecule has 3 rings (SSSR count). The first-order valence-electron chi connectivity index (χ1n) is 9.07. The summed E-state index contributed by atoms with van der Waals surface area (Å²) >= 11 is 3.45. The molecule has 0 aliphatic heterocycles. The summed E-state index contributed by atoms with van der Waals surface area (Å²) in [5, 5.41) is 3.42. The van der Waals surface area contributed by atoms with E-state index in [1.807, 2.05) is 49.4 Å². The molecule has 3 aromatic carbocycles. The fourth-order valence-corrected chi connectivity index (χ4v) is 3.05. The Morgan fingerprint density at radius 2 is 1.67 bits per heavy atom. The van der Waals surface area contributed by atoms with Crippen molar-refractivity contribution in [2.24, 2.45) is 0 Å². The van der Waals surface area contributed by atoms with Crippen LogP contribution in [0, 0.1) is 6.92 Å². The van der Waals surface area contributed by atoms with E-state index in [2.05, 4.69) is 52.4 Å². The van der Waals surface area contributed by atoms with E-state index in [1.165, 1.54) is 5.56 Å². The molecule has 0 amide bonds. The number of ether oxygens (including phenoxy) is 2. The second kappa shape index (κ2) is 9.47. The third-order valence-electron chi connectivity index (χ3n) is 4.13. The molecule has 0 aromatic heterocycles. The van der Waals surface area contributed by atoms with Crippen molar-refractivity contribution >= 4 is 21.6 Å². The van der Waals surface area contributed by atoms with Gasteiger partial charge in [0.15, 0.2) is 11.5 Å². The van der Waals surface area contributed by atoms with E-state index in [-0.39, 0.29) is 0 Å². The molecule has 0 heterocycles. The average Bonchev–Trinajstić information content (AvgIpc) is 2.67. The fraction of sp³-hybridized carbons (Fsp3) is 0.217. The molecule has 0 atom stereocenters. The highest BCUT2D eigenvalue weighted by atomic mass is 79.9.